The standard InChI is InChI=1S/C12H19N3O5S/c1-4-13-10-5-6-12(11(7-10)15(16)17)21(18,19)14-8-9(2)20-3/h5-7,9,13-14H,4,8H2,1-3H3. The van der Waals surface area contributed by atoms with Crippen LogP contribution in [0.1, 0.15) is 13.8 Å². The van der Waals surface area contributed by atoms with Crippen LogP contribution in [-0.2, 0) is 14.8 Å². The van der Waals surface area contributed by atoms with Gasteiger partial charge >= 0.3 is 0 Å². The van der Waals surface area contributed by atoms with Crippen molar-refractivity contribution in [3.05, 3.63) is 28.3 Å². The molecule has 1 aromatic carbocycles. The highest BCUT2D eigenvalue weighted by molar-refractivity contribution is 7.89. The highest BCUT2D eigenvalue weighted by Gasteiger charge is 2.26. The Kier molecular flexibility index (Phi) is 6.06. The fourth-order valence-electron chi connectivity index (χ4n) is 1.59. The maximum Gasteiger partial charge on any atom is 0.291 e. The molecule has 0 radical (unpaired) electrons. The van der Waals surface area contributed by atoms with Crippen LogP contribution in [0.2, 0.25) is 0 Å². The third-order valence-electron chi connectivity index (χ3n) is 2.79. The second kappa shape index (κ2) is 7.34. The monoisotopic (exact) mass is 317 g/mol. The zero-order valence-electron chi connectivity index (χ0n) is 12.1. The maximum atomic E-state index is 12.2. The van der Waals surface area contributed by atoms with Gasteiger partial charge in [-0.25, -0.2) is 13.1 Å². The maximum absolute atomic E-state index is 12.2. The summed E-state index contributed by atoms with van der Waals surface area (Å²) in [6.45, 7) is 4.13. The molecule has 0 bridgehead atoms. The number of nitrogens with one attached hydrogen (secondary N) is 2. The minimum absolute atomic E-state index is 0.0327. The second-order valence-corrected chi connectivity index (χ2v) is 6.10. The van der Waals surface area contributed by atoms with E-state index in [1.54, 1.807) is 6.92 Å². The Hall–Kier alpha value is -1.71. The van der Waals surface area contributed by atoms with E-state index in [2.05, 4.69) is 10.0 Å². The van der Waals surface area contributed by atoms with Crippen molar-refractivity contribution < 1.29 is 18.1 Å². The van der Waals surface area contributed by atoms with Gasteiger partial charge in [-0.3, -0.25) is 10.1 Å². The van der Waals surface area contributed by atoms with Gasteiger partial charge < -0.3 is 10.1 Å². The molecule has 0 spiro atoms. The van der Waals surface area contributed by atoms with Gasteiger partial charge in [-0.1, -0.05) is 0 Å². The van der Waals surface area contributed by atoms with Crippen LogP contribution in [0.4, 0.5) is 11.4 Å². The number of rotatable bonds is 8. The molecule has 0 heterocycles. The first-order valence-electron chi connectivity index (χ1n) is 6.36. The largest absolute Gasteiger partial charge is 0.385 e. The lowest BCUT2D eigenvalue weighted by molar-refractivity contribution is -0.387. The van der Waals surface area contributed by atoms with Crippen molar-refractivity contribution in [3.63, 3.8) is 0 Å². The molecule has 1 aromatic rings. The van der Waals surface area contributed by atoms with Gasteiger partial charge in [0.05, 0.1) is 11.0 Å². The summed E-state index contributed by atoms with van der Waals surface area (Å²) in [6, 6.07) is 3.92. The summed E-state index contributed by atoms with van der Waals surface area (Å²) in [5.74, 6) is 0. The van der Waals surface area contributed by atoms with Crippen LogP contribution in [-0.4, -0.2) is 39.6 Å². The normalized spacial score (nSPS) is 12.9. The van der Waals surface area contributed by atoms with E-state index in [1.807, 2.05) is 6.92 Å². The minimum Gasteiger partial charge on any atom is -0.385 e. The lowest BCUT2D eigenvalue weighted by atomic mass is 10.3. The van der Waals surface area contributed by atoms with Crippen molar-refractivity contribution in [2.75, 3.05) is 25.5 Å². The molecule has 1 rings (SSSR count). The van der Waals surface area contributed by atoms with Gasteiger partial charge in [0, 0.05) is 32.0 Å². The fraction of sp³-hybridized carbons (Fsp3) is 0.500. The smallest absolute Gasteiger partial charge is 0.291 e. The number of methoxy groups -OCH3 is 1. The number of anilines is 1. The predicted molar refractivity (Wildman–Crippen MR) is 78.9 cm³/mol. The Bertz CT molecular complexity index is 603. The van der Waals surface area contributed by atoms with Gasteiger partial charge in [0.1, 0.15) is 0 Å². The zero-order valence-corrected chi connectivity index (χ0v) is 12.9. The van der Waals surface area contributed by atoms with Crippen LogP contribution < -0.4 is 10.0 Å². The van der Waals surface area contributed by atoms with Gasteiger partial charge in [-0.2, -0.15) is 0 Å². The number of nitro groups is 1. The minimum atomic E-state index is -3.97. The Labute approximate surface area is 123 Å². The van der Waals surface area contributed by atoms with Crippen LogP contribution in [0, 0.1) is 10.1 Å². The number of ether oxygens (including phenoxy) is 1. The first kappa shape index (κ1) is 17.3. The predicted octanol–water partition coefficient (Wildman–Crippen LogP) is 1.34. The molecular weight excluding hydrogens is 298 g/mol. The average Bonchev–Trinajstić information content (AvgIpc) is 2.44. The Morgan fingerprint density at radius 2 is 2.10 bits per heavy atom. The topological polar surface area (TPSA) is 111 Å². The average molecular weight is 317 g/mol. The quantitative estimate of drug-likeness (QED) is 0.553. The Morgan fingerprint density at radius 1 is 1.43 bits per heavy atom. The molecule has 8 nitrogen and oxygen atoms in total. The van der Waals surface area contributed by atoms with E-state index in [1.165, 1.54) is 25.3 Å². The number of sulfonamides is 1. The number of nitrogens with zero attached hydrogens (tertiary/aromatic N) is 1. The highest BCUT2D eigenvalue weighted by Crippen LogP contribution is 2.27. The third kappa shape index (κ3) is 4.66. The van der Waals surface area contributed by atoms with Gasteiger partial charge in [-0.15, -0.1) is 0 Å². The van der Waals surface area contributed by atoms with Crippen LogP contribution in [0.15, 0.2) is 23.1 Å². The number of hydrogen-bond acceptors (Lipinski definition) is 6. The molecule has 2 N–H and O–H groups in total. The van der Waals surface area contributed by atoms with E-state index < -0.39 is 20.6 Å². The molecule has 0 aliphatic carbocycles. The summed E-state index contributed by atoms with van der Waals surface area (Å²) in [7, 11) is -2.52. The molecule has 0 aliphatic rings. The van der Waals surface area contributed by atoms with E-state index in [0.29, 0.717) is 12.2 Å². The van der Waals surface area contributed by atoms with E-state index in [9.17, 15) is 18.5 Å². The van der Waals surface area contributed by atoms with Crippen molar-refractivity contribution in [1.29, 1.82) is 0 Å². The molecular formula is C12H19N3O5S. The number of benzene rings is 1. The summed E-state index contributed by atoms with van der Waals surface area (Å²) in [4.78, 5) is 10.0. The van der Waals surface area contributed by atoms with Crippen molar-refractivity contribution in [2.45, 2.75) is 24.8 Å². The van der Waals surface area contributed by atoms with Gasteiger partial charge in [0.15, 0.2) is 4.90 Å². The first-order chi connectivity index (χ1) is 9.81. The lowest BCUT2D eigenvalue weighted by Gasteiger charge is -2.12. The molecule has 118 valence electrons. The molecule has 0 amide bonds. The molecule has 21 heavy (non-hydrogen) atoms. The van der Waals surface area contributed by atoms with E-state index in [-0.39, 0.29) is 17.5 Å². The summed E-state index contributed by atoms with van der Waals surface area (Å²) >= 11 is 0. The molecule has 0 saturated carbocycles. The van der Waals surface area contributed by atoms with Gasteiger partial charge in [0.25, 0.3) is 5.69 Å². The Morgan fingerprint density at radius 3 is 2.62 bits per heavy atom. The second-order valence-electron chi connectivity index (χ2n) is 4.37. The van der Waals surface area contributed by atoms with Crippen molar-refractivity contribution in [1.82, 2.24) is 4.72 Å². The molecule has 1 atom stereocenters. The van der Waals surface area contributed by atoms with Gasteiger partial charge in [0.2, 0.25) is 10.0 Å². The highest BCUT2D eigenvalue weighted by atomic mass is 32.2. The third-order valence-corrected chi connectivity index (χ3v) is 4.26. The molecule has 0 fully saturated rings. The summed E-state index contributed by atoms with van der Waals surface area (Å²) < 4.78 is 31.5. The van der Waals surface area contributed by atoms with E-state index in [4.69, 9.17) is 4.74 Å². The first-order valence-corrected chi connectivity index (χ1v) is 7.85. The molecule has 0 saturated heterocycles. The molecule has 9 heteroatoms. The molecule has 0 aliphatic heterocycles. The molecule has 1 unspecified atom stereocenters. The van der Waals surface area contributed by atoms with Crippen LogP contribution in [0.3, 0.4) is 0 Å². The van der Waals surface area contributed by atoms with Crippen LogP contribution in [0.5, 0.6) is 0 Å². The van der Waals surface area contributed by atoms with Crippen LogP contribution >= 0.6 is 0 Å². The summed E-state index contributed by atoms with van der Waals surface area (Å²) in [5.41, 5.74) is 0.0272. The number of nitro benzene ring substituents is 1. The fourth-order valence-corrected chi connectivity index (χ4v) is 2.86. The van der Waals surface area contributed by atoms with Crippen molar-refractivity contribution in [2.24, 2.45) is 0 Å². The van der Waals surface area contributed by atoms with Crippen LogP contribution in [0.25, 0.3) is 0 Å². The summed E-state index contributed by atoms with van der Waals surface area (Å²) in [5, 5.41) is 14.0. The lowest BCUT2D eigenvalue weighted by Crippen LogP contribution is -2.32. The van der Waals surface area contributed by atoms with E-state index in [0.717, 1.165) is 0 Å². The SMILES string of the molecule is CCNc1ccc(S(=O)(=O)NCC(C)OC)c([N+](=O)[O-])c1. The zero-order chi connectivity index (χ0) is 16.0. The summed E-state index contributed by atoms with van der Waals surface area (Å²) in [6.07, 6.45) is -0.333. The molecule has 0 aromatic heterocycles. The van der Waals surface area contributed by atoms with E-state index >= 15 is 0 Å². The Balaban J connectivity index is 3.13. The number of hydrogen-bond donors (Lipinski definition) is 2. The van der Waals surface area contributed by atoms with Crippen molar-refractivity contribution >= 4 is 21.4 Å². The van der Waals surface area contributed by atoms with Crippen molar-refractivity contribution in [3.8, 4) is 0 Å². The van der Waals surface area contributed by atoms with Gasteiger partial charge in [-0.05, 0) is 26.0 Å².